The number of hydrogen-bond acceptors (Lipinski definition) is 12. The van der Waals surface area contributed by atoms with Crippen LogP contribution in [-0.2, 0) is 47.7 Å². The summed E-state index contributed by atoms with van der Waals surface area (Å²) < 4.78 is 19.4. The second-order valence-electron chi connectivity index (χ2n) is 8.91. The molecule has 0 fully saturated rings. The molecule has 0 spiro atoms. The summed E-state index contributed by atoms with van der Waals surface area (Å²) in [6.45, 7) is 7.89. The van der Waals surface area contributed by atoms with E-state index < -0.39 is 72.7 Å². The Morgan fingerprint density at radius 3 is 1.27 bits per heavy atom. The van der Waals surface area contributed by atoms with E-state index in [1.807, 2.05) is 20.8 Å². The highest BCUT2D eigenvalue weighted by Crippen LogP contribution is 2.20. The number of hydrogen-bond donors (Lipinski definition) is 4. The summed E-state index contributed by atoms with van der Waals surface area (Å²) in [4.78, 5) is 67.7. The highest BCUT2D eigenvalue weighted by molar-refractivity contribution is 5.90. The molecule has 0 rings (SSSR count). The predicted molar refractivity (Wildman–Crippen MR) is 138 cm³/mol. The quantitative estimate of drug-likeness (QED) is 0.0915. The molecule has 0 aliphatic rings. The number of aliphatic carboxylic acids is 2. The molecule has 0 aromatic carbocycles. The lowest BCUT2D eigenvalue weighted by Gasteiger charge is -2.24. The van der Waals surface area contributed by atoms with Gasteiger partial charge in [0.2, 0.25) is 0 Å². The second-order valence-corrected chi connectivity index (χ2v) is 8.91. The fraction of sp³-hybridized carbons (Fsp3) is 0.769. The van der Waals surface area contributed by atoms with Crippen LogP contribution in [0.3, 0.4) is 0 Å². The van der Waals surface area contributed by atoms with E-state index in [1.54, 1.807) is 0 Å². The van der Waals surface area contributed by atoms with Crippen molar-refractivity contribution in [1.29, 1.82) is 0 Å². The summed E-state index contributed by atoms with van der Waals surface area (Å²) >= 11 is 0. The van der Waals surface area contributed by atoms with Gasteiger partial charge >= 0.3 is 35.8 Å². The SMILES string of the molecule is CCCCOC(=O)CC(O)(CC(=O)OCCCC)C(=O)OCCCC.CCOC(=O)CC(O)(CC(=O)O)C(=O)O. The van der Waals surface area contributed by atoms with Crippen LogP contribution in [0.1, 0.15) is 91.9 Å². The van der Waals surface area contributed by atoms with Gasteiger partial charge in [0.05, 0.1) is 52.1 Å². The van der Waals surface area contributed by atoms with E-state index in [2.05, 4.69) is 4.74 Å². The van der Waals surface area contributed by atoms with Crippen molar-refractivity contribution in [3.05, 3.63) is 0 Å². The van der Waals surface area contributed by atoms with Crippen LogP contribution in [0, 0.1) is 0 Å². The van der Waals surface area contributed by atoms with Gasteiger partial charge in [-0.05, 0) is 26.2 Å². The van der Waals surface area contributed by atoms with Gasteiger partial charge < -0.3 is 39.4 Å². The average Bonchev–Trinajstić information content (AvgIpc) is 2.84. The Balaban J connectivity index is 0. The van der Waals surface area contributed by atoms with Crippen molar-refractivity contribution >= 4 is 35.8 Å². The van der Waals surface area contributed by atoms with E-state index in [0.29, 0.717) is 19.3 Å². The van der Waals surface area contributed by atoms with Crippen molar-refractivity contribution < 1.29 is 68.1 Å². The van der Waals surface area contributed by atoms with E-state index in [4.69, 9.17) is 24.4 Å². The van der Waals surface area contributed by atoms with E-state index >= 15 is 0 Å². The van der Waals surface area contributed by atoms with Crippen molar-refractivity contribution in [3.8, 4) is 0 Å². The maximum Gasteiger partial charge on any atom is 0.339 e. The minimum absolute atomic E-state index is 0.0294. The number of ether oxygens (including phenoxy) is 4. The molecule has 1 unspecified atom stereocenters. The Kier molecular flexibility index (Phi) is 20.9. The van der Waals surface area contributed by atoms with Gasteiger partial charge in [0.15, 0.2) is 11.2 Å². The molecule has 0 aromatic rings. The Bertz CT molecular complexity index is 785. The van der Waals surface area contributed by atoms with Crippen molar-refractivity contribution in [2.45, 2.75) is 103 Å². The Labute approximate surface area is 233 Å². The van der Waals surface area contributed by atoms with Crippen molar-refractivity contribution in [1.82, 2.24) is 0 Å². The molecule has 0 bridgehead atoms. The summed E-state index contributed by atoms with van der Waals surface area (Å²) in [6.07, 6.45) is 1.29. The third-order valence-electron chi connectivity index (χ3n) is 5.09. The standard InChI is InChI=1S/C18H32O7.C8H12O7/c1-4-7-10-23-15(19)13-18(22,17(21)25-12-9-6-3)14-16(20)24-11-8-5-2;1-2-15-6(11)4-8(14,7(12)13)3-5(9)10/h22H,4-14H2,1-3H3;14H,2-4H2,1H3,(H,9,10)(H,12,13). The van der Waals surface area contributed by atoms with E-state index in [9.17, 15) is 39.0 Å². The maximum absolute atomic E-state index is 12.2. The molecule has 4 N–H and O–H groups in total. The van der Waals surface area contributed by atoms with Gasteiger partial charge in [-0.3, -0.25) is 19.2 Å². The number of carbonyl (C=O) groups is 6. The number of aliphatic hydroxyl groups is 2. The zero-order valence-electron chi connectivity index (χ0n) is 23.8. The first-order valence-corrected chi connectivity index (χ1v) is 13.2. The van der Waals surface area contributed by atoms with Crippen molar-refractivity contribution in [3.63, 3.8) is 0 Å². The van der Waals surface area contributed by atoms with Crippen molar-refractivity contribution in [2.24, 2.45) is 0 Å². The lowest BCUT2D eigenvalue weighted by atomic mass is 9.95. The molecule has 0 aliphatic heterocycles. The van der Waals surface area contributed by atoms with Crippen LogP contribution >= 0.6 is 0 Å². The highest BCUT2D eigenvalue weighted by atomic mass is 16.6. The molecule has 0 heterocycles. The normalized spacial score (nSPS) is 12.2. The Hall–Kier alpha value is -3.26. The zero-order valence-corrected chi connectivity index (χ0v) is 23.8. The van der Waals surface area contributed by atoms with Gasteiger partial charge in [0.1, 0.15) is 0 Å². The van der Waals surface area contributed by atoms with Gasteiger partial charge in [-0.2, -0.15) is 0 Å². The number of unbranched alkanes of at least 4 members (excludes halogenated alkanes) is 3. The summed E-state index contributed by atoms with van der Waals surface area (Å²) in [5.41, 5.74) is -4.88. The fourth-order valence-corrected chi connectivity index (χ4v) is 2.81. The Morgan fingerprint density at radius 1 is 0.550 bits per heavy atom. The lowest BCUT2D eigenvalue weighted by Crippen LogP contribution is -2.45. The van der Waals surface area contributed by atoms with Crippen LogP contribution in [-0.4, -0.2) is 93.9 Å². The van der Waals surface area contributed by atoms with Gasteiger partial charge in [-0.1, -0.05) is 40.0 Å². The highest BCUT2D eigenvalue weighted by Gasteiger charge is 2.43. The summed E-state index contributed by atoms with van der Waals surface area (Å²) in [5, 5.41) is 36.9. The fourth-order valence-electron chi connectivity index (χ4n) is 2.81. The summed E-state index contributed by atoms with van der Waals surface area (Å²) in [5.74, 6) is -6.72. The first kappa shape index (κ1) is 38.9. The summed E-state index contributed by atoms with van der Waals surface area (Å²) in [6, 6.07) is 0. The Morgan fingerprint density at radius 2 is 0.925 bits per heavy atom. The molecule has 1 atom stereocenters. The third-order valence-corrected chi connectivity index (χ3v) is 5.09. The van der Waals surface area contributed by atoms with Crippen LogP contribution in [0.5, 0.6) is 0 Å². The van der Waals surface area contributed by atoms with Crippen LogP contribution in [0.25, 0.3) is 0 Å². The minimum Gasteiger partial charge on any atom is -0.481 e. The minimum atomic E-state index is -2.61. The third kappa shape index (κ3) is 18.1. The average molecular weight is 581 g/mol. The van der Waals surface area contributed by atoms with E-state index in [1.165, 1.54) is 6.92 Å². The first-order chi connectivity index (χ1) is 18.7. The first-order valence-electron chi connectivity index (χ1n) is 13.2. The van der Waals surface area contributed by atoms with Gasteiger partial charge in [0, 0.05) is 0 Å². The zero-order chi connectivity index (χ0) is 31.2. The van der Waals surface area contributed by atoms with Gasteiger partial charge in [-0.25, -0.2) is 9.59 Å². The lowest BCUT2D eigenvalue weighted by molar-refractivity contribution is -0.178. The van der Waals surface area contributed by atoms with Gasteiger partial charge in [-0.15, -0.1) is 0 Å². The molecule has 232 valence electrons. The smallest absolute Gasteiger partial charge is 0.339 e. The maximum atomic E-state index is 12.2. The molecule has 14 heteroatoms. The molecule has 0 saturated heterocycles. The number of carboxylic acids is 2. The van der Waals surface area contributed by atoms with Crippen LogP contribution in [0.4, 0.5) is 0 Å². The molecule has 0 amide bonds. The van der Waals surface area contributed by atoms with Crippen LogP contribution < -0.4 is 0 Å². The van der Waals surface area contributed by atoms with E-state index in [0.717, 1.165) is 19.3 Å². The number of carbonyl (C=O) groups excluding carboxylic acids is 4. The number of rotatable bonds is 20. The monoisotopic (exact) mass is 580 g/mol. The molecule has 0 aromatic heterocycles. The number of esters is 4. The molecule has 40 heavy (non-hydrogen) atoms. The molecular formula is C26H44O14. The van der Waals surface area contributed by atoms with Crippen LogP contribution in [0.15, 0.2) is 0 Å². The molecule has 14 nitrogen and oxygen atoms in total. The topological polar surface area (TPSA) is 220 Å². The molecular weight excluding hydrogens is 536 g/mol. The molecule has 0 aliphatic carbocycles. The summed E-state index contributed by atoms with van der Waals surface area (Å²) in [7, 11) is 0. The van der Waals surface area contributed by atoms with Crippen LogP contribution in [0.2, 0.25) is 0 Å². The van der Waals surface area contributed by atoms with Gasteiger partial charge in [0.25, 0.3) is 0 Å². The second kappa shape index (κ2) is 21.5. The molecule has 0 saturated carbocycles. The largest absolute Gasteiger partial charge is 0.481 e. The van der Waals surface area contributed by atoms with Crippen molar-refractivity contribution in [2.75, 3.05) is 26.4 Å². The predicted octanol–water partition coefficient (Wildman–Crippen LogP) is 1.76. The van der Waals surface area contributed by atoms with E-state index in [-0.39, 0.29) is 26.4 Å². The molecule has 0 radical (unpaired) electrons. The number of carboxylic acid groups (broad SMARTS) is 2.